The summed E-state index contributed by atoms with van der Waals surface area (Å²) in [5.74, 6) is -2.49. The molecule has 0 radical (unpaired) electrons. The molecular formula is C50H44N6O9. The monoisotopic (exact) mass is 872 g/mol. The number of carbonyl (C=O) groups is 3. The summed E-state index contributed by atoms with van der Waals surface area (Å²) >= 11 is 0. The van der Waals surface area contributed by atoms with Crippen molar-refractivity contribution in [2.45, 2.75) is 42.2 Å². The predicted octanol–water partition coefficient (Wildman–Crippen LogP) is 9.45. The third-order valence-electron chi connectivity index (χ3n) is 10.8. The first kappa shape index (κ1) is 45.3. The van der Waals surface area contributed by atoms with Gasteiger partial charge in [-0.1, -0.05) is 156 Å². The summed E-state index contributed by atoms with van der Waals surface area (Å²) in [6.07, 6.45) is -9.20. The zero-order chi connectivity index (χ0) is 45.3. The van der Waals surface area contributed by atoms with Crippen LogP contribution in [0.5, 0.6) is 0 Å². The molecular weight excluding hydrogens is 829 g/mol. The second-order valence-corrected chi connectivity index (χ2v) is 14.7. The zero-order valence-electron chi connectivity index (χ0n) is 35.0. The molecule has 328 valence electrons. The number of hydrogen-bond acceptors (Lipinski definition) is 11. The summed E-state index contributed by atoms with van der Waals surface area (Å²) in [6.45, 7) is -0.669. The van der Waals surface area contributed by atoms with Crippen molar-refractivity contribution in [1.29, 1.82) is 0 Å². The van der Waals surface area contributed by atoms with E-state index in [1.54, 1.807) is 91.0 Å². The number of carbonyl (C=O) groups excluding carboxylic acids is 3. The number of benzene rings is 6. The Hall–Kier alpha value is -7.77. The molecule has 0 spiro atoms. The van der Waals surface area contributed by atoms with Gasteiger partial charge in [-0.15, -0.1) is 0 Å². The van der Waals surface area contributed by atoms with Crippen molar-refractivity contribution in [2.24, 2.45) is 10.2 Å². The highest BCUT2D eigenvalue weighted by atomic mass is 16.7. The highest BCUT2D eigenvalue weighted by Crippen LogP contribution is 2.48. The van der Waals surface area contributed by atoms with Gasteiger partial charge in [0.1, 0.15) is 12.2 Å². The first-order valence-corrected chi connectivity index (χ1v) is 20.8. The van der Waals surface area contributed by atoms with Gasteiger partial charge < -0.3 is 28.4 Å². The average molecular weight is 873 g/mol. The van der Waals surface area contributed by atoms with Crippen LogP contribution in [0.25, 0.3) is 20.9 Å². The van der Waals surface area contributed by atoms with Crippen molar-refractivity contribution in [3.05, 3.63) is 236 Å². The molecule has 1 aliphatic rings. The van der Waals surface area contributed by atoms with Crippen molar-refractivity contribution < 1.29 is 42.8 Å². The van der Waals surface area contributed by atoms with Crippen molar-refractivity contribution in [3.63, 3.8) is 0 Å². The number of nitrogens with zero attached hydrogens (tertiary/aromatic N) is 6. The van der Waals surface area contributed by atoms with Gasteiger partial charge in [0, 0.05) is 22.9 Å². The topological polar surface area (TPSA) is 204 Å². The fourth-order valence-electron chi connectivity index (χ4n) is 7.99. The van der Waals surface area contributed by atoms with E-state index in [-0.39, 0.29) is 43.0 Å². The van der Waals surface area contributed by atoms with E-state index in [9.17, 15) is 19.9 Å². The third kappa shape index (κ3) is 10.7. The van der Waals surface area contributed by atoms with E-state index in [1.807, 2.05) is 91.0 Å². The van der Waals surface area contributed by atoms with E-state index in [2.05, 4.69) is 20.1 Å². The van der Waals surface area contributed by atoms with Gasteiger partial charge in [-0.05, 0) is 64.2 Å². The lowest BCUT2D eigenvalue weighted by Gasteiger charge is -2.51. The zero-order valence-corrected chi connectivity index (χ0v) is 35.0. The second kappa shape index (κ2) is 22.5. The van der Waals surface area contributed by atoms with E-state index in [0.717, 1.165) is 16.7 Å². The highest BCUT2D eigenvalue weighted by Gasteiger charge is 2.60. The fraction of sp³-hybridized carbons (Fsp3) is 0.220. The first-order chi connectivity index (χ1) is 31.9. The average Bonchev–Trinajstić information content (AvgIpc) is 3.37. The molecule has 6 aromatic rings. The van der Waals surface area contributed by atoms with Gasteiger partial charge >= 0.3 is 17.9 Å². The number of ether oxygens (including phenoxy) is 6. The van der Waals surface area contributed by atoms with Crippen LogP contribution in [0.1, 0.15) is 47.8 Å². The van der Waals surface area contributed by atoms with Gasteiger partial charge in [-0.25, -0.2) is 14.4 Å². The molecule has 0 aromatic heterocycles. The molecule has 7 rings (SSSR count). The van der Waals surface area contributed by atoms with Crippen LogP contribution >= 0.6 is 0 Å². The lowest BCUT2D eigenvalue weighted by molar-refractivity contribution is -0.312. The number of rotatable bonds is 19. The highest BCUT2D eigenvalue weighted by molar-refractivity contribution is 5.91. The summed E-state index contributed by atoms with van der Waals surface area (Å²) in [7, 11) is 0. The van der Waals surface area contributed by atoms with Gasteiger partial charge in [0.05, 0.1) is 35.3 Å². The molecule has 1 unspecified atom stereocenters. The van der Waals surface area contributed by atoms with Gasteiger partial charge in [-0.2, -0.15) is 0 Å². The molecule has 0 bridgehead atoms. The van der Waals surface area contributed by atoms with Crippen LogP contribution in [0, 0.1) is 0 Å². The SMILES string of the molecule is [N-]=[N+]=NCCOC([C@H]1O[C@H](OCCN=[N+]=[N-])[C@@H](OC(=O)c2ccccc2)[C@@H](OC(=O)c2ccccc2)[C@@H]1OC(=O)c1ccccc1)C(c1ccccc1)(c1ccccc1)c1ccccc1. The Morgan fingerprint density at radius 3 is 1.26 bits per heavy atom. The normalized spacial score (nSPS) is 18.4. The molecule has 65 heavy (non-hydrogen) atoms. The summed E-state index contributed by atoms with van der Waals surface area (Å²) in [5, 5.41) is 7.40. The summed E-state index contributed by atoms with van der Waals surface area (Å²) < 4.78 is 39.6. The van der Waals surface area contributed by atoms with E-state index in [4.69, 9.17) is 34.0 Å². The summed E-state index contributed by atoms with van der Waals surface area (Å²) in [6, 6.07) is 53.0. The minimum absolute atomic E-state index is 0.113. The van der Waals surface area contributed by atoms with Gasteiger partial charge in [0.15, 0.2) is 24.6 Å². The van der Waals surface area contributed by atoms with Crippen molar-refractivity contribution >= 4 is 17.9 Å². The molecule has 1 heterocycles. The molecule has 0 amide bonds. The van der Waals surface area contributed by atoms with Crippen molar-refractivity contribution in [2.75, 3.05) is 26.3 Å². The Balaban J connectivity index is 1.51. The van der Waals surface area contributed by atoms with E-state index >= 15 is 0 Å². The van der Waals surface area contributed by atoms with Crippen LogP contribution in [-0.2, 0) is 33.8 Å². The molecule has 0 N–H and O–H groups in total. The van der Waals surface area contributed by atoms with E-state index in [1.165, 1.54) is 0 Å². The Morgan fingerprint density at radius 2 is 0.862 bits per heavy atom. The molecule has 0 aliphatic carbocycles. The summed E-state index contributed by atoms with van der Waals surface area (Å²) in [4.78, 5) is 48.8. The molecule has 6 aromatic carbocycles. The Labute approximate surface area is 374 Å². The molecule has 1 fully saturated rings. The molecule has 0 saturated carbocycles. The van der Waals surface area contributed by atoms with Crippen LogP contribution in [-0.4, -0.2) is 81.0 Å². The molecule has 1 saturated heterocycles. The number of esters is 3. The van der Waals surface area contributed by atoms with Crippen molar-refractivity contribution in [1.82, 2.24) is 0 Å². The smallest absolute Gasteiger partial charge is 0.338 e. The quantitative estimate of drug-likeness (QED) is 0.0144. The Kier molecular flexibility index (Phi) is 15.7. The minimum Gasteiger partial charge on any atom is -0.452 e. The molecule has 1 aliphatic heterocycles. The van der Waals surface area contributed by atoms with Crippen LogP contribution in [0.4, 0.5) is 0 Å². The van der Waals surface area contributed by atoms with Gasteiger partial charge in [0.25, 0.3) is 0 Å². The maximum absolute atomic E-state index is 14.5. The molecule has 15 heteroatoms. The largest absolute Gasteiger partial charge is 0.452 e. The first-order valence-electron chi connectivity index (χ1n) is 20.8. The third-order valence-corrected chi connectivity index (χ3v) is 10.8. The Bertz CT molecular complexity index is 2470. The second-order valence-electron chi connectivity index (χ2n) is 14.7. The van der Waals surface area contributed by atoms with Crippen LogP contribution in [0.15, 0.2) is 192 Å². The van der Waals surface area contributed by atoms with Gasteiger partial charge in [0.2, 0.25) is 0 Å². The fourth-order valence-corrected chi connectivity index (χ4v) is 7.99. The van der Waals surface area contributed by atoms with Crippen LogP contribution in [0.3, 0.4) is 0 Å². The predicted molar refractivity (Wildman–Crippen MR) is 239 cm³/mol. The molecule has 6 atom stereocenters. The standard InChI is InChI=1S/C50H44N6O9/c51-55-53-31-33-60-45(50(38-25-13-4-14-26-38,39-27-15-5-16-28-39)40-29-17-6-18-30-40)43-41(62-46(57)35-19-7-1-8-20-35)42(63-47(58)36-21-9-2-10-22-36)44(49(65-43)61-34-32-54-56-52)64-48(59)37-23-11-3-12-24-37/h1-30,41-45,49H,31-34H2/t41-,42-,43-,44-,45?,49-/m0/s1. The maximum Gasteiger partial charge on any atom is 0.338 e. The van der Waals surface area contributed by atoms with Crippen LogP contribution < -0.4 is 0 Å². The van der Waals surface area contributed by atoms with Crippen molar-refractivity contribution in [3.8, 4) is 0 Å². The van der Waals surface area contributed by atoms with Gasteiger partial charge in [-0.3, -0.25) is 0 Å². The number of azide groups is 2. The summed E-state index contributed by atoms with van der Waals surface area (Å²) in [5.41, 5.74) is 19.8. The minimum atomic E-state index is -1.66. The van der Waals surface area contributed by atoms with Crippen LogP contribution in [0.2, 0.25) is 0 Å². The molecule has 15 nitrogen and oxygen atoms in total. The van der Waals surface area contributed by atoms with E-state index in [0.29, 0.717) is 0 Å². The maximum atomic E-state index is 14.5. The lowest BCUT2D eigenvalue weighted by Crippen LogP contribution is -2.67. The number of hydrogen-bond donors (Lipinski definition) is 0. The lowest BCUT2D eigenvalue weighted by atomic mass is 9.63. The van der Waals surface area contributed by atoms with E-state index < -0.39 is 60.1 Å². The Morgan fingerprint density at radius 1 is 0.508 bits per heavy atom.